The zero-order valence-corrected chi connectivity index (χ0v) is 20.6. The van der Waals surface area contributed by atoms with Crippen molar-refractivity contribution in [3.8, 4) is 11.5 Å². The van der Waals surface area contributed by atoms with Gasteiger partial charge < -0.3 is 9.47 Å². The first-order chi connectivity index (χ1) is 16.3. The van der Waals surface area contributed by atoms with Crippen molar-refractivity contribution in [3.63, 3.8) is 0 Å². The largest absolute Gasteiger partial charge is 0.493 e. The van der Waals surface area contributed by atoms with Crippen LogP contribution >= 0.6 is 23.2 Å². The van der Waals surface area contributed by atoms with Gasteiger partial charge in [0.05, 0.1) is 41.1 Å². The van der Waals surface area contributed by atoms with Crippen molar-refractivity contribution in [2.45, 2.75) is 4.90 Å². The molecule has 11 heteroatoms. The molecule has 0 aromatic heterocycles. The summed E-state index contributed by atoms with van der Waals surface area (Å²) in [6.07, 6.45) is 1.29. The Morgan fingerprint density at radius 3 is 2.24 bits per heavy atom. The van der Waals surface area contributed by atoms with Gasteiger partial charge in [-0.2, -0.15) is 5.10 Å². The quantitative estimate of drug-likeness (QED) is 0.333. The summed E-state index contributed by atoms with van der Waals surface area (Å²) in [5.74, 6) is -0.0624. The smallest absolute Gasteiger partial charge is 0.264 e. The van der Waals surface area contributed by atoms with Crippen LogP contribution in [0.3, 0.4) is 0 Å². The number of carbonyl (C=O) groups excluding carboxylic acids is 1. The Kier molecular flexibility index (Phi) is 8.38. The minimum absolute atomic E-state index is 0.0758. The zero-order chi connectivity index (χ0) is 24.7. The molecule has 0 aliphatic heterocycles. The highest BCUT2D eigenvalue weighted by atomic mass is 35.5. The molecule has 3 aromatic carbocycles. The standard InChI is InChI=1S/C23H21Cl2N3O5S/c1-32-21-12-11-17(13-22(21)33-2)34(30,31)28(16-7-4-3-5-8-16)15-23(29)27-26-14-18-19(24)9-6-10-20(18)25/h3-14H,15H2,1-2H3,(H,27,29)/b26-14-. The molecule has 0 aliphatic rings. The van der Waals surface area contributed by atoms with Crippen LogP contribution in [0.2, 0.25) is 10.0 Å². The summed E-state index contributed by atoms with van der Waals surface area (Å²) >= 11 is 12.2. The number of methoxy groups -OCH3 is 2. The molecule has 0 saturated heterocycles. The number of nitrogens with one attached hydrogen (secondary N) is 1. The van der Waals surface area contributed by atoms with E-state index in [4.69, 9.17) is 32.7 Å². The predicted molar refractivity (Wildman–Crippen MR) is 133 cm³/mol. The van der Waals surface area contributed by atoms with Crippen LogP contribution in [0, 0.1) is 0 Å². The van der Waals surface area contributed by atoms with E-state index in [0.717, 1.165) is 4.31 Å². The first-order valence-corrected chi connectivity index (χ1v) is 12.0. The van der Waals surface area contributed by atoms with E-state index < -0.39 is 22.5 Å². The third-order valence-electron chi connectivity index (χ3n) is 4.66. The lowest BCUT2D eigenvalue weighted by Crippen LogP contribution is -2.39. The molecule has 1 amide bonds. The minimum atomic E-state index is -4.15. The fourth-order valence-corrected chi connectivity index (χ4v) is 4.91. The Bertz CT molecular complexity index is 1280. The molecule has 8 nitrogen and oxygen atoms in total. The van der Waals surface area contributed by atoms with Crippen LogP contribution in [0.25, 0.3) is 0 Å². The second-order valence-corrected chi connectivity index (χ2v) is 9.47. The topological polar surface area (TPSA) is 97.3 Å². The third-order valence-corrected chi connectivity index (χ3v) is 7.09. The number of hydrogen-bond acceptors (Lipinski definition) is 6. The monoisotopic (exact) mass is 521 g/mol. The lowest BCUT2D eigenvalue weighted by molar-refractivity contribution is -0.119. The molecule has 0 spiro atoms. The summed E-state index contributed by atoms with van der Waals surface area (Å²) in [6, 6.07) is 17.4. The van der Waals surface area contributed by atoms with Gasteiger partial charge in [0.1, 0.15) is 6.54 Å². The molecule has 3 rings (SSSR count). The van der Waals surface area contributed by atoms with E-state index in [0.29, 0.717) is 27.0 Å². The van der Waals surface area contributed by atoms with Crippen molar-refractivity contribution in [1.29, 1.82) is 0 Å². The van der Waals surface area contributed by atoms with Crippen LogP contribution in [0.1, 0.15) is 5.56 Å². The van der Waals surface area contributed by atoms with Gasteiger partial charge in [-0.15, -0.1) is 0 Å². The highest BCUT2D eigenvalue weighted by molar-refractivity contribution is 7.92. The van der Waals surface area contributed by atoms with Gasteiger partial charge in [-0.1, -0.05) is 47.5 Å². The summed E-state index contributed by atoms with van der Waals surface area (Å²) in [7, 11) is -1.30. The number of benzene rings is 3. The Balaban J connectivity index is 1.88. The summed E-state index contributed by atoms with van der Waals surface area (Å²) < 4.78 is 38.4. The molecule has 0 bridgehead atoms. The Morgan fingerprint density at radius 1 is 0.971 bits per heavy atom. The Hall–Kier alpha value is -3.27. The van der Waals surface area contributed by atoms with Gasteiger partial charge in [-0.3, -0.25) is 9.10 Å². The molecule has 3 aromatic rings. The number of anilines is 1. The summed E-state index contributed by atoms with van der Waals surface area (Å²) in [4.78, 5) is 12.6. The number of ether oxygens (including phenoxy) is 2. The van der Waals surface area contributed by atoms with Gasteiger partial charge in [-0.05, 0) is 36.4 Å². The number of hydrogen-bond donors (Lipinski definition) is 1. The maximum absolute atomic E-state index is 13.5. The van der Waals surface area contributed by atoms with Crippen LogP contribution in [-0.4, -0.2) is 41.3 Å². The number of hydrazone groups is 1. The summed E-state index contributed by atoms with van der Waals surface area (Å²) in [5.41, 5.74) is 3.03. The second kappa shape index (κ2) is 11.2. The summed E-state index contributed by atoms with van der Waals surface area (Å²) in [6.45, 7) is -0.533. The number of nitrogens with zero attached hydrogens (tertiary/aromatic N) is 2. The fourth-order valence-electron chi connectivity index (χ4n) is 2.98. The molecule has 0 atom stereocenters. The maximum Gasteiger partial charge on any atom is 0.264 e. The van der Waals surface area contributed by atoms with Gasteiger partial charge in [0.25, 0.3) is 15.9 Å². The summed E-state index contributed by atoms with van der Waals surface area (Å²) in [5, 5.41) is 4.57. The zero-order valence-electron chi connectivity index (χ0n) is 18.2. The van der Waals surface area contributed by atoms with Crippen LogP contribution < -0.4 is 19.2 Å². The molecule has 0 fully saturated rings. The van der Waals surface area contributed by atoms with E-state index >= 15 is 0 Å². The molecular formula is C23H21Cl2N3O5S. The lowest BCUT2D eigenvalue weighted by Gasteiger charge is -2.24. The number of para-hydroxylation sites is 1. The molecule has 0 unspecified atom stereocenters. The molecule has 1 N–H and O–H groups in total. The van der Waals surface area contributed by atoms with Crippen molar-refractivity contribution < 1.29 is 22.7 Å². The third kappa shape index (κ3) is 5.80. The number of amides is 1. The molecule has 0 aliphatic carbocycles. The number of rotatable bonds is 9. The van der Waals surface area contributed by atoms with Crippen molar-refractivity contribution in [3.05, 3.63) is 82.3 Å². The van der Waals surface area contributed by atoms with E-state index in [1.165, 1.54) is 38.6 Å². The minimum Gasteiger partial charge on any atom is -0.493 e. The van der Waals surface area contributed by atoms with Crippen molar-refractivity contribution in [2.75, 3.05) is 25.1 Å². The van der Waals surface area contributed by atoms with Gasteiger partial charge in [0.2, 0.25) is 0 Å². The normalized spacial score (nSPS) is 11.3. The van der Waals surface area contributed by atoms with Crippen molar-refractivity contribution in [2.24, 2.45) is 5.10 Å². The molecule has 34 heavy (non-hydrogen) atoms. The first kappa shape index (κ1) is 25.4. The lowest BCUT2D eigenvalue weighted by atomic mass is 10.2. The van der Waals surface area contributed by atoms with E-state index in [-0.39, 0.29) is 10.6 Å². The highest BCUT2D eigenvalue weighted by Crippen LogP contribution is 2.32. The Labute approximate surface area is 207 Å². The van der Waals surface area contributed by atoms with Crippen LogP contribution in [0.4, 0.5) is 5.69 Å². The first-order valence-electron chi connectivity index (χ1n) is 9.83. The number of sulfonamides is 1. The van der Waals surface area contributed by atoms with Gasteiger partial charge in [-0.25, -0.2) is 13.8 Å². The second-order valence-electron chi connectivity index (χ2n) is 6.79. The predicted octanol–water partition coefficient (Wildman–Crippen LogP) is 4.36. The van der Waals surface area contributed by atoms with E-state index in [1.807, 2.05) is 0 Å². The molecule has 0 heterocycles. The highest BCUT2D eigenvalue weighted by Gasteiger charge is 2.28. The fraction of sp³-hybridized carbons (Fsp3) is 0.130. The van der Waals surface area contributed by atoms with Crippen LogP contribution in [0.15, 0.2) is 76.7 Å². The number of carbonyl (C=O) groups is 1. The van der Waals surface area contributed by atoms with Crippen molar-refractivity contribution >= 4 is 51.0 Å². The molecule has 0 radical (unpaired) electrons. The van der Waals surface area contributed by atoms with Crippen LogP contribution in [0.5, 0.6) is 11.5 Å². The van der Waals surface area contributed by atoms with Gasteiger partial charge in [0.15, 0.2) is 11.5 Å². The molecular weight excluding hydrogens is 501 g/mol. The molecule has 178 valence electrons. The van der Waals surface area contributed by atoms with E-state index in [9.17, 15) is 13.2 Å². The van der Waals surface area contributed by atoms with E-state index in [2.05, 4.69) is 10.5 Å². The average molecular weight is 522 g/mol. The van der Waals surface area contributed by atoms with Crippen molar-refractivity contribution in [1.82, 2.24) is 5.43 Å². The van der Waals surface area contributed by atoms with Crippen LogP contribution in [-0.2, 0) is 14.8 Å². The average Bonchev–Trinajstić information content (AvgIpc) is 2.84. The SMILES string of the molecule is COc1ccc(S(=O)(=O)N(CC(=O)N/N=C\c2c(Cl)cccc2Cl)c2ccccc2)cc1OC. The number of halogens is 2. The molecule has 0 saturated carbocycles. The van der Waals surface area contributed by atoms with Gasteiger partial charge in [0, 0.05) is 11.6 Å². The Morgan fingerprint density at radius 2 is 1.62 bits per heavy atom. The van der Waals surface area contributed by atoms with E-state index in [1.54, 1.807) is 48.5 Å². The maximum atomic E-state index is 13.5. The van der Waals surface area contributed by atoms with Gasteiger partial charge >= 0.3 is 0 Å².